The number of rotatable bonds is 7. The molecule has 2 rings (SSSR count). The first kappa shape index (κ1) is 19.0. The van der Waals surface area contributed by atoms with Crippen LogP contribution >= 0.6 is 0 Å². The number of aryl methyl sites for hydroxylation is 2. The maximum Gasteiger partial charge on any atom is 0.191 e. The molecule has 0 spiro atoms. The van der Waals surface area contributed by atoms with Crippen molar-refractivity contribution >= 4 is 5.96 Å². The summed E-state index contributed by atoms with van der Waals surface area (Å²) in [5.41, 5.74) is 3.82. The average Bonchev–Trinajstić information content (AvgIpc) is 2.98. The summed E-state index contributed by atoms with van der Waals surface area (Å²) in [6, 6.07) is 6.50. The number of nitrogens with zero attached hydrogens (tertiary/aromatic N) is 3. The third-order valence-electron chi connectivity index (χ3n) is 4.03. The van der Waals surface area contributed by atoms with Gasteiger partial charge in [-0.1, -0.05) is 37.6 Å². The van der Waals surface area contributed by atoms with Crippen LogP contribution in [0.2, 0.25) is 0 Å². The summed E-state index contributed by atoms with van der Waals surface area (Å²) >= 11 is 0. The van der Waals surface area contributed by atoms with Crippen molar-refractivity contribution in [1.82, 2.24) is 20.2 Å². The number of benzene rings is 1. The second-order valence-electron chi connectivity index (χ2n) is 6.87. The minimum absolute atomic E-state index is 0.597. The van der Waals surface area contributed by atoms with Gasteiger partial charge in [0, 0.05) is 25.5 Å². The molecule has 1 aromatic carbocycles. The van der Waals surface area contributed by atoms with Crippen molar-refractivity contribution in [1.29, 1.82) is 0 Å². The van der Waals surface area contributed by atoms with Gasteiger partial charge < -0.3 is 15.2 Å². The monoisotopic (exact) mass is 341 g/mol. The number of guanidine groups is 1. The quantitative estimate of drug-likeness (QED) is 0.599. The van der Waals surface area contributed by atoms with E-state index in [0.717, 1.165) is 24.9 Å². The lowest BCUT2D eigenvalue weighted by molar-refractivity contribution is 0.503. The summed E-state index contributed by atoms with van der Waals surface area (Å²) < 4.78 is 2.20. The fourth-order valence-corrected chi connectivity index (χ4v) is 2.76. The second-order valence-corrected chi connectivity index (χ2v) is 6.87. The normalized spacial score (nSPS) is 11.8. The molecule has 0 unspecified atom stereocenters. The minimum Gasteiger partial charge on any atom is -0.357 e. The first-order valence-electron chi connectivity index (χ1n) is 9.08. The molecule has 0 atom stereocenters. The van der Waals surface area contributed by atoms with E-state index in [4.69, 9.17) is 4.99 Å². The lowest BCUT2D eigenvalue weighted by Gasteiger charge is -2.14. The van der Waals surface area contributed by atoms with Crippen LogP contribution < -0.4 is 10.6 Å². The van der Waals surface area contributed by atoms with E-state index in [2.05, 4.69) is 73.0 Å². The number of imidazole rings is 1. The molecule has 0 saturated heterocycles. The fraction of sp³-hybridized carbons (Fsp3) is 0.500. The Bertz CT molecular complexity index is 700. The Labute approximate surface area is 151 Å². The topological polar surface area (TPSA) is 54.2 Å². The molecule has 0 saturated carbocycles. The van der Waals surface area contributed by atoms with Crippen LogP contribution in [0.25, 0.3) is 0 Å². The van der Waals surface area contributed by atoms with E-state index >= 15 is 0 Å². The molecular weight excluding hydrogens is 310 g/mol. The molecule has 0 aliphatic rings. The molecule has 2 aromatic rings. The molecule has 0 amide bonds. The van der Waals surface area contributed by atoms with Crippen molar-refractivity contribution in [3.8, 4) is 0 Å². The largest absolute Gasteiger partial charge is 0.357 e. The van der Waals surface area contributed by atoms with E-state index in [1.807, 2.05) is 12.4 Å². The summed E-state index contributed by atoms with van der Waals surface area (Å²) in [5, 5.41) is 6.70. The Balaban J connectivity index is 2.01. The number of aliphatic imine (C=N–C) groups is 1. The molecule has 0 bridgehead atoms. The number of aromatic nitrogens is 2. The molecular formula is C20H31N5. The Morgan fingerprint density at radius 2 is 2.04 bits per heavy atom. The van der Waals surface area contributed by atoms with Crippen molar-refractivity contribution in [3.05, 3.63) is 53.1 Å². The van der Waals surface area contributed by atoms with Gasteiger partial charge in [0.25, 0.3) is 0 Å². The molecule has 0 radical (unpaired) electrons. The lowest BCUT2D eigenvalue weighted by Crippen LogP contribution is -2.37. The third-order valence-corrected chi connectivity index (χ3v) is 4.03. The minimum atomic E-state index is 0.597. The van der Waals surface area contributed by atoms with Crippen molar-refractivity contribution in [2.75, 3.05) is 6.54 Å². The van der Waals surface area contributed by atoms with Gasteiger partial charge in [-0.15, -0.1) is 0 Å². The number of hydrogen-bond donors (Lipinski definition) is 2. The molecule has 1 aromatic heterocycles. The van der Waals surface area contributed by atoms with Gasteiger partial charge >= 0.3 is 0 Å². The van der Waals surface area contributed by atoms with Gasteiger partial charge in [0.2, 0.25) is 0 Å². The molecule has 1 heterocycles. The van der Waals surface area contributed by atoms with Gasteiger partial charge in [0.15, 0.2) is 5.96 Å². The zero-order valence-corrected chi connectivity index (χ0v) is 16.1. The molecule has 0 aliphatic carbocycles. The number of nitrogens with one attached hydrogen (secondary N) is 2. The van der Waals surface area contributed by atoms with Crippen LogP contribution in [0.1, 0.15) is 43.3 Å². The van der Waals surface area contributed by atoms with Crippen molar-refractivity contribution in [3.63, 3.8) is 0 Å². The molecule has 136 valence electrons. The summed E-state index contributed by atoms with van der Waals surface area (Å²) in [4.78, 5) is 9.18. The average molecular weight is 342 g/mol. The zero-order valence-electron chi connectivity index (χ0n) is 16.1. The van der Waals surface area contributed by atoms with E-state index in [1.165, 1.54) is 16.7 Å². The van der Waals surface area contributed by atoms with Crippen LogP contribution in [0, 0.1) is 19.8 Å². The maximum absolute atomic E-state index is 4.72. The molecule has 25 heavy (non-hydrogen) atoms. The van der Waals surface area contributed by atoms with Crippen LogP contribution in [-0.2, 0) is 19.6 Å². The maximum atomic E-state index is 4.72. The molecule has 2 N–H and O–H groups in total. The Morgan fingerprint density at radius 1 is 1.24 bits per heavy atom. The first-order valence-corrected chi connectivity index (χ1v) is 9.08. The fourth-order valence-electron chi connectivity index (χ4n) is 2.76. The molecule has 5 heteroatoms. The summed E-state index contributed by atoms with van der Waals surface area (Å²) in [6.45, 7) is 13.9. The predicted molar refractivity (Wildman–Crippen MR) is 105 cm³/mol. The Hall–Kier alpha value is -2.30. The van der Waals surface area contributed by atoms with Gasteiger partial charge in [0.05, 0.1) is 13.1 Å². The zero-order chi connectivity index (χ0) is 18.2. The highest BCUT2D eigenvalue weighted by atomic mass is 15.2. The molecule has 0 aliphatic heterocycles. The van der Waals surface area contributed by atoms with Gasteiger partial charge in [-0.2, -0.15) is 0 Å². The smallest absolute Gasteiger partial charge is 0.191 e. The van der Waals surface area contributed by atoms with Gasteiger partial charge in [-0.3, -0.25) is 0 Å². The molecule has 5 nitrogen and oxygen atoms in total. The highest BCUT2D eigenvalue weighted by molar-refractivity contribution is 5.79. The second kappa shape index (κ2) is 9.25. The first-order chi connectivity index (χ1) is 12.0. The van der Waals surface area contributed by atoms with Gasteiger partial charge in [0.1, 0.15) is 5.82 Å². The summed E-state index contributed by atoms with van der Waals surface area (Å²) in [7, 11) is 0. The van der Waals surface area contributed by atoms with Crippen LogP contribution in [0.5, 0.6) is 0 Å². The standard InChI is InChI=1S/C20H31N5/c1-6-21-20(23-12-18-8-7-16(4)11-17(18)5)24-13-19-22-9-10-25(19)14-15(2)3/h7-11,15H,6,12-14H2,1-5H3,(H2,21,23,24). The van der Waals surface area contributed by atoms with E-state index in [9.17, 15) is 0 Å². The highest BCUT2D eigenvalue weighted by Gasteiger charge is 2.06. The predicted octanol–water partition coefficient (Wildman–Crippen LogP) is 3.41. The van der Waals surface area contributed by atoms with Gasteiger partial charge in [-0.05, 0) is 37.8 Å². The highest BCUT2D eigenvalue weighted by Crippen LogP contribution is 2.11. The van der Waals surface area contributed by atoms with Gasteiger partial charge in [-0.25, -0.2) is 9.98 Å². The summed E-state index contributed by atoms with van der Waals surface area (Å²) in [6.07, 6.45) is 3.90. The van der Waals surface area contributed by atoms with E-state index in [1.54, 1.807) is 0 Å². The Kier molecular flexibility index (Phi) is 7.04. The van der Waals surface area contributed by atoms with E-state index in [-0.39, 0.29) is 0 Å². The van der Waals surface area contributed by atoms with Crippen molar-refractivity contribution in [2.45, 2.75) is 54.3 Å². The van der Waals surface area contributed by atoms with Crippen LogP contribution in [0.4, 0.5) is 0 Å². The van der Waals surface area contributed by atoms with E-state index in [0.29, 0.717) is 19.0 Å². The van der Waals surface area contributed by atoms with E-state index < -0.39 is 0 Å². The SMILES string of the molecule is CCNC(=NCc1ccc(C)cc1C)NCc1nccn1CC(C)C. The molecule has 0 fully saturated rings. The van der Waals surface area contributed by atoms with Crippen molar-refractivity contribution < 1.29 is 0 Å². The Morgan fingerprint density at radius 3 is 2.72 bits per heavy atom. The lowest BCUT2D eigenvalue weighted by atomic mass is 10.1. The number of hydrogen-bond acceptors (Lipinski definition) is 2. The van der Waals surface area contributed by atoms with Crippen LogP contribution in [0.3, 0.4) is 0 Å². The van der Waals surface area contributed by atoms with Crippen LogP contribution in [-0.4, -0.2) is 22.1 Å². The van der Waals surface area contributed by atoms with Crippen LogP contribution in [0.15, 0.2) is 35.6 Å². The third kappa shape index (κ3) is 5.93. The van der Waals surface area contributed by atoms with Crippen molar-refractivity contribution in [2.24, 2.45) is 10.9 Å². The summed E-state index contributed by atoms with van der Waals surface area (Å²) in [5.74, 6) is 2.45.